The van der Waals surface area contributed by atoms with Gasteiger partial charge in [0.25, 0.3) is 0 Å². The van der Waals surface area contributed by atoms with Crippen LogP contribution in [0.4, 0.5) is 0 Å². The van der Waals surface area contributed by atoms with E-state index in [1.54, 1.807) is 0 Å². The molecular formula is C9H14O2S. The SMILES string of the molecule is OCC#CC1CCC(O)(S)CC1. The van der Waals surface area contributed by atoms with Crippen molar-refractivity contribution in [2.75, 3.05) is 6.61 Å². The van der Waals surface area contributed by atoms with Gasteiger partial charge in [-0.1, -0.05) is 11.8 Å². The van der Waals surface area contributed by atoms with Crippen molar-refractivity contribution in [2.24, 2.45) is 5.92 Å². The van der Waals surface area contributed by atoms with E-state index in [4.69, 9.17) is 5.11 Å². The molecule has 0 saturated heterocycles. The molecule has 68 valence electrons. The van der Waals surface area contributed by atoms with E-state index in [0.717, 1.165) is 12.8 Å². The standard InChI is InChI=1S/C9H14O2S/c10-7-1-2-8-3-5-9(11,12)6-4-8/h8,10-12H,3-7H2. The van der Waals surface area contributed by atoms with Crippen molar-refractivity contribution in [3.05, 3.63) is 0 Å². The predicted molar refractivity (Wildman–Crippen MR) is 50.8 cm³/mol. The monoisotopic (exact) mass is 186 g/mol. The van der Waals surface area contributed by atoms with Gasteiger partial charge >= 0.3 is 0 Å². The van der Waals surface area contributed by atoms with E-state index < -0.39 is 4.93 Å². The Morgan fingerprint density at radius 3 is 2.50 bits per heavy atom. The number of hydrogen-bond acceptors (Lipinski definition) is 3. The number of aliphatic hydroxyl groups excluding tert-OH is 1. The van der Waals surface area contributed by atoms with E-state index in [0.29, 0.717) is 18.8 Å². The largest absolute Gasteiger partial charge is 0.384 e. The van der Waals surface area contributed by atoms with Crippen molar-refractivity contribution < 1.29 is 10.2 Å². The Morgan fingerprint density at radius 1 is 1.42 bits per heavy atom. The normalized spacial score (nSPS) is 35.4. The van der Waals surface area contributed by atoms with Gasteiger partial charge in [-0.2, -0.15) is 0 Å². The molecule has 1 aliphatic carbocycles. The molecule has 12 heavy (non-hydrogen) atoms. The van der Waals surface area contributed by atoms with Gasteiger partial charge in [-0.15, -0.1) is 12.6 Å². The van der Waals surface area contributed by atoms with Crippen LogP contribution in [0.3, 0.4) is 0 Å². The van der Waals surface area contributed by atoms with E-state index in [2.05, 4.69) is 24.5 Å². The van der Waals surface area contributed by atoms with Crippen LogP contribution in [0.25, 0.3) is 0 Å². The summed E-state index contributed by atoms with van der Waals surface area (Å²) in [6.07, 6.45) is 3.15. The van der Waals surface area contributed by atoms with E-state index in [1.165, 1.54) is 0 Å². The second-order valence-electron chi connectivity index (χ2n) is 3.24. The highest BCUT2D eigenvalue weighted by atomic mass is 32.1. The topological polar surface area (TPSA) is 40.5 Å². The molecule has 0 aliphatic heterocycles. The Bertz CT molecular complexity index is 192. The molecule has 1 fully saturated rings. The second kappa shape index (κ2) is 4.18. The van der Waals surface area contributed by atoms with Gasteiger partial charge in [0.2, 0.25) is 0 Å². The summed E-state index contributed by atoms with van der Waals surface area (Å²) < 4.78 is 0. The molecule has 0 aromatic carbocycles. The zero-order valence-corrected chi connectivity index (χ0v) is 7.85. The highest BCUT2D eigenvalue weighted by Crippen LogP contribution is 2.33. The van der Waals surface area contributed by atoms with E-state index in [1.807, 2.05) is 0 Å². The van der Waals surface area contributed by atoms with Gasteiger partial charge in [0.15, 0.2) is 0 Å². The molecule has 0 radical (unpaired) electrons. The molecule has 0 aromatic rings. The summed E-state index contributed by atoms with van der Waals surface area (Å²) in [5.41, 5.74) is 0. The van der Waals surface area contributed by atoms with Crippen LogP contribution in [0.15, 0.2) is 0 Å². The van der Waals surface area contributed by atoms with Crippen molar-refractivity contribution in [1.29, 1.82) is 0 Å². The number of thiol groups is 1. The molecule has 0 atom stereocenters. The Kier molecular flexibility index (Phi) is 3.45. The number of aliphatic hydroxyl groups is 2. The zero-order chi connectivity index (χ0) is 9.03. The summed E-state index contributed by atoms with van der Waals surface area (Å²) in [7, 11) is 0. The molecule has 0 amide bonds. The fourth-order valence-corrected chi connectivity index (χ4v) is 1.67. The quantitative estimate of drug-likeness (QED) is 0.297. The molecule has 2 N–H and O–H groups in total. The van der Waals surface area contributed by atoms with Gasteiger partial charge < -0.3 is 10.2 Å². The molecule has 3 heteroatoms. The summed E-state index contributed by atoms with van der Waals surface area (Å²) in [5.74, 6) is 5.95. The first-order chi connectivity index (χ1) is 5.64. The highest BCUT2D eigenvalue weighted by Gasteiger charge is 2.28. The minimum atomic E-state index is -0.780. The van der Waals surface area contributed by atoms with E-state index in [9.17, 15) is 5.11 Å². The van der Waals surface area contributed by atoms with Gasteiger partial charge in [0.1, 0.15) is 11.5 Å². The van der Waals surface area contributed by atoms with Crippen LogP contribution in [0.5, 0.6) is 0 Å². The maximum Gasteiger partial charge on any atom is 0.107 e. The average Bonchev–Trinajstić information content (AvgIpc) is 2.03. The van der Waals surface area contributed by atoms with Crippen molar-refractivity contribution in [1.82, 2.24) is 0 Å². The molecule has 0 unspecified atom stereocenters. The molecule has 0 bridgehead atoms. The van der Waals surface area contributed by atoms with E-state index in [-0.39, 0.29) is 6.61 Å². The second-order valence-corrected chi connectivity index (χ2v) is 4.07. The van der Waals surface area contributed by atoms with Crippen molar-refractivity contribution in [3.8, 4) is 11.8 Å². The lowest BCUT2D eigenvalue weighted by Crippen LogP contribution is -2.27. The lowest BCUT2D eigenvalue weighted by Gasteiger charge is -2.29. The van der Waals surface area contributed by atoms with Crippen LogP contribution in [0.2, 0.25) is 0 Å². The summed E-state index contributed by atoms with van der Waals surface area (Å²) >= 11 is 4.11. The van der Waals surface area contributed by atoms with Crippen LogP contribution in [-0.4, -0.2) is 21.8 Å². The predicted octanol–water partition coefficient (Wildman–Crippen LogP) is 0.791. The summed E-state index contributed by atoms with van der Waals surface area (Å²) in [6.45, 7) is -0.0678. The molecule has 1 aliphatic rings. The molecule has 1 saturated carbocycles. The van der Waals surface area contributed by atoms with Crippen molar-refractivity contribution >= 4 is 12.6 Å². The molecule has 2 nitrogen and oxygen atoms in total. The van der Waals surface area contributed by atoms with Gasteiger partial charge in [-0.25, -0.2) is 0 Å². The molecular weight excluding hydrogens is 172 g/mol. The van der Waals surface area contributed by atoms with Crippen molar-refractivity contribution in [3.63, 3.8) is 0 Å². The Morgan fingerprint density at radius 2 is 2.00 bits per heavy atom. The lowest BCUT2D eigenvalue weighted by atomic mass is 9.87. The molecule has 0 spiro atoms. The highest BCUT2D eigenvalue weighted by molar-refractivity contribution is 7.81. The summed E-state index contributed by atoms with van der Waals surface area (Å²) in [4.78, 5) is -0.780. The first-order valence-electron chi connectivity index (χ1n) is 4.18. The van der Waals surface area contributed by atoms with Crippen LogP contribution in [-0.2, 0) is 0 Å². The Balaban J connectivity index is 2.36. The minimum absolute atomic E-state index is 0.0678. The van der Waals surface area contributed by atoms with Crippen LogP contribution >= 0.6 is 12.6 Å². The Hall–Kier alpha value is -0.170. The van der Waals surface area contributed by atoms with Crippen LogP contribution in [0, 0.1) is 17.8 Å². The third-order valence-corrected chi connectivity index (χ3v) is 2.62. The maximum atomic E-state index is 9.48. The fourth-order valence-electron chi connectivity index (χ4n) is 1.41. The first kappa shape index (κ1) is 9.91. The van der Waals surface area contributed by atoms with Crippen molar-refractivity contribution in [2.45, 2.75) is 30.6 Å². The molecule has 0 aromatic heterocycles. The van der Waals surface area contributed by atoms with Gasteiger partial charge in [0, 0.05) is 5.92 Å². The Labute approximate surface area is 78.4 Å². The van der Waals surface area contributed by atoms with Gasteiger partial charge in [0.05, 0.1) is 0 Å². The van der Waals surface area contributed by atoms with Gasteiger partial charge in [-0.3, -0.25) is 0 Å². The number of hydrogen-bond donors (Lipinski definition) is 3. The summed E-state index contributed by atoms with van der Waals surface area (Å²) in [6, 6.07) is 0. The zero-order valence-electron chi connectivity index (χ0n) is 6.95. The number of rotatable bonds is 0. The average molecular weight is 186 g/mol. The summed E-state index contributed by atoms with van der Waals surface area (Å²) in [5, 5.41) is 17.9. The fraction of sp³-hybridized carbons (Fsp3) is 0.778. The first-order valence-corrected chi connectivity index (χ1v) is 4.63. The third kappa shape index (κ3) is 3.06. The van der Waals surface area contributed by atoms with Crippen LogP contribution < -0.4 is 0 Å². The van der Waals surface area contributed by atoms with Crippen LogP contribution in [0.1, 0.15) is 25.7 Å². The maximum absolute atomic E-state index is 9.48. The smallest absolute Gasteiger partial charge is 0.107 e. The van der Waals surface area contributed by atoms with Gasteiger partial charge in [-0.05, 0) is 25.7 Å². The third-order valence-electron chi connectivity index (χ3n) is 2.17. The molecule has 1 rings (SSSR count). The lowest BCUT2D eigenvalue weighted by molar-refractivity contribution is 0.0870. The molecule has 0 heterocycles. The van der Waals surface area contributed by atoms with E-state index >= 15 is 0 Å². The minimum Gasteiger partial charge on any atom is -0.384 e.